The lowest BCUT2D eigenvalue weighted by Gasteiger charge is -2.29. The van der Waals surface area contributed by atoms with Gasteiger partial charge in [0.05, 0.1) is 24.2 Å². The lowest BCUT2D eigenvalue weighted by molar-refractivity contribution is 0.0785. The molecule has 1 amide bonds. The van der Waals surface area contributed by atoms with Crippen molar-refractivity contribution in [2.24, 2.45) is 0 Å². The lowest BCUT2D eigenvalue weighted by Crippen LogP contribution is -2.36. The van der Waals surface area contributed by atoms with Gasteiger partial charge in [0, 0.05) is 51.1 Å². The summed E-state index contributed by atoms with van der Waals surface area (Å²) in [5, 5.41) is 0. The highest BCUT2D eigenvalue weighted by atomic mass is 32.2. The molecule has 2 aromatic rings. The second-order valence-corrected chi connectivity index (χ2v) is 10.2. The zero-order valence-electron chi connectivity index (χ0n) is 18.9. The number of anilines is 1. The molecule has 1 atom stereocenters. The van der Waals surface area contributed by atoms with Crippen LogP contribution >= 0.6 is 0 Å². The molecule has 2 aliphatic heterocycles. The van der Waals surface area contributed by atoms with E-state index in [1.54, 1.807) is 24.1 Å². The predicted octanol–water partition coefficient (Wildman–Crippen LogP) is 2.25. The van der Waals surface area contributed by atoms with Crippen molar-refractivity contribution in [3.8, 4) is 0 Å². The van der Waals surface area contributed by atoms with Gasteiger partial charge in [0.1, 0.15) is 0 Å². The molecule has 2 fully saturated rings. The van der Waals surface area contributed by atoms with E-state index in [-0.39, 0.29) is 23.5 Å². The number of carbonyl (C=O) groups is 1. The molecule has 0 spiro atoms. The number of nitrogens with one attached hydrogen (secondary N) is 1. The van der Waals surface area contributed by atoms with Crippen molar-refractivity contribution in [1.29, 1.82) is 0 Å². The number of ether oxygens (including phenoxy) is 2. The maximum absolute atomic E-state index is 13.0. The van der Waals surface area contributed by atoms with Gasteiger partial charge in [-0.25, -0.2) is 13.1 Å². The van der Waals surface area contributed by atoms with Gasteiger partial charge >= 0.3 is 0 Å². The Morgan fingerprint density at radius 1 is 1.12 bits per heavy atom. The average molecular weight is 474 g/mol. The summed E-state index contributed by atoms with van der Waals surface area (Å²) in [5.41, 5.74) is 2.48. The standard InChI is InChI=1S/C24H31N3O5S/c1-26(18-19-7-9-21(10-8-19)27-11-14-31-15-12-27)24(28)20-4-2-6-23(16-20)33(29,30)25-17-22-5-3-13-32-22/h2,4,6-10,16,22,25H,3,5,11-15,17-18H2,1H3/t22-/m0/s1. The van der Waals surface area contributed by atoms with Crippen molar-refractivity contribution in [3.63, 3.8) is 0 Å². The molecule has 4 rings (SSSR count). The predicted molar refractivity (Wildman–Crippen MR) is 126 cm³/mol. The van der Waals surface area contributed by atoms with Crippen LogP contribution in [0.1, 0.15) is 28.8 Å². The van der Waals surface area contributed by atoms with Gasteiger partial charge in [-0.05, 0) is 48.7 Å². The quantitative estimate of drug-likeness (QED) is 0.633. The fourth-order valence-electron chi connectivity index (χ4n) is 4.09. The van der Waals surface area contributed by atoms with Crippen LogP contribution in [0.2, 0.25) is 0 Å². The average Bonchev–Trinajstić information content (AvgIpc) is 3.37. The zero-order valence-corrected chi connectivity index (χ0v) is 19.7. The second kappa shape index (κ2) is 10.6. The Labute approximate surface area is 195 Å². The van der Waals surface area contributed by atoms with E-state index >= 15 is 0 Å². The highest BCUT2D eigenvalue weighted by Gasteiger charge is 2.22. The van der Waals surface area contributed by atoms with Gasteiger partial charge in [-0.1, -0.05) is 18.2 Å². The van der Waals surface area contributed by atoms with Crippen LogP contribution in [0.3, 0.4) is 0 Å². The summed E-state index contributed by atoms with van der Waals surface area (Å²) in [7, 11) is -2.00. The van der Waals surface area contributed by atoms with E-state index in [4.69, 9.17) is 9.47 Å². The molecule has 0 radical (unpaired) electrons. The Hall–Kier alpha value is -2.46. The number of nitrogens with zero attached hydrogens (tertiary/aromatic N) is 2. The molecule has 8 nitrogen and oxygen atoms in total. The van der Waals surface area contributed by atoms with Crippen molar-refractivity contribution in [1.82, 2.24) is 9.62 Å². The third kappa shape index (κ3) is 6.11. The highest BCUT2D eigenvalue weighted by molar-refractivity contribution is 7.89. The number of hydrogen-bond donors (Lipinski definition) is 1. The first-order chi connectivity index (χ1) is 15.9. The molecule has 2 aliphatic rings. The Kier molecular flexibility index (Phi) is 7.64. The van der Waals surface area contributed by atoms with E-state index in [1.165, 1.54) is 12.1 Å². The van der Waals surface area contributed by atoms with Crippen LogP contribution in [-0.2, 0) is 26.0 Å². The zero-order chi connectivity index (χ0) is 23.3. The first-order valence-electron chi connectivity index (χ1n) is 11.3. The van der Waals surface area contributed by atoms with Gasteiger partial charge in [-0.2, -0.15) is 0 Å². The molecule has 178 valence electrons. The minimum Gasteiger partial charge on any atom is -0.378 e. The van der Waals surface area contributed by atoms with Crippen LogP contribution in [0.25, 0.3) is 0 Å². The van der Waals surface area contributed by atoms with Crippen LogP contribution in [0.4, 0.5) is 5.69 Å². The Bertz CT molecular complexity index is 1050. The van der Waals surface area contributed by atoms with E-state index in [0.29, 0.717) is 18.7 Å². The normalized spacial score (nSPS) is 18.9. The fraction of sp³-hybridized carbons (Fsp3) is 0.458. The van der Waals surface area contributed by atoms with E-state index < -0.39 is 10.0 Å². The number of rotatable bonds is 8. The maximum atomic E-state index is 13.0. The van der Waals surface area contributed by atoms with Crippen LogP contribution < -0.4 is 9.62 Å². The minimum absolute atomic E-state index is 0.0783. The van der Waals surface area contributed by atoms with Gasteiger partial charge in [0.15, 0.2) is 0 Å². The number of hydrogen-bond acceptors (Lipinski definition) is 6. The highest BCUT2D eigenvalue weighted by Crippen LogP contribution is 2.19. The number of amides is 1. The van der Waals surface area contributed by atoms with Gasteiger partial charge in [-0.3, -0.25) is 4.79 Å². The van der Waals surface area contributed by atoms with E-state index in [0.717, 1.165) is 50.4 Å². The third-order valence-electron chi connectivity index (χ3n) is 6.00. The van der Waals surface area contributed by atoms with Crippen LogP contribution in [0, 0.1) is 0 Å². The molecular formula is C24H31N3O5S. The molecule has 0 aromatic heterocycles. The first-order valence-corrected chi connectivity index (χ1v) is 12.8. The third-order valence-corrected chi connectivity index (χ3v) is 7.42. The molecule has 33 heavy (non-hydrogen) atoms. The minimum atomic E-state index is -3.72. The van der Waals surface area contributed by atoms with Gasteiger partial charge in [0.2, 0.25) is 10.0 Å². The molecule has 9 heteroatoms. The van der Waals surface area contributed by atoms with Crippen LogP contribution in [0.5, 0.6) is 0 Å². The van der Waals surface area contributed by atoms with Crippen molar-refractivity contribution in [2.75, 3.05) is 51.4 Å². The summed E-state index contributed by atoms with van der Waals surface area (Å²) in [4.78, 5) is 16.9. The molecule has 0 aliphatic carbocycles. The SMILES string of the molecule is CN(Cc1ccc(N2CCOCC2)cc1)C(=O)c1cccc(S(=O)(=O)NC[C@@H]2CCCO2)c1. The van der Waals surface area contributed by atoms with Gasteiger partial charge in [-0.15, -0.1) is 0 Å². The summed E-state index contributed by atoms with van der Waals surface area (Å²) >= 11 is 0. The first kappa shape index (κ1) is 23.7. The maximum Gasteiger partial charge on any atom is 0.253 e. The largest absolute Gasteiger partial charge is 0.378 e. The molecule has 0 saturated carbocycles. The summed E-state index contributed by atoms with van der Waals surface area (Å²) < 4.78 is 38.8. The van der Waals surface area contributed by atoms with Crippen LogP contribution in [-0.4, -0.2) is 71.8 Å². The van der Waals surface area contributed by atoms with Crippen molar-refractivity contribution in [2.45, 2.75) is 30.4 Å². The molecule has 0 bridgehead atoms. The topological polar surface area (TPSA) is 88.2 Å². The lowest BCUT2D eigenvalue weighted by atomic mass is 10.1. The smallest absolute Gasteiger partial charge is 0.253 e. The van der Waals surface area contributed by atoms with Crippen LogP contribution in [0.15, 0.2) is 53.4 Å². The summed E-state index contributed by atoms with van der Waals surface area (Å²) in [6, 6.07) is 14.3. The molecule has 2 heterocycles. The molecule has 2 aromatic carbocycles. The monoisotopic (exact) mass is 473 g/mol. The second-order valence-electron chi connectivity index (χ2n) is 8.44. The van der Waals surface area contributed by atoms with Gasteiger partial charge < -0.3 is 19.3 Å². The van der Waals surface area contributed by atoms with Crippen molar-refractivity contribution >= 4 is 21.6 Å². The summed E-state index contributed by atoms with van der Waals surface area (Å²) in [5.74, 6) is -0.233. The van der Waals surface area contributed by atoms with Gasteiger partial charge in [0.25, 0.3) is 5.91 Å². The number of carbonyl (C=O) groups excluding carboxylic acids is 1. The summed E-state index contributed by atoms with van der Waals surface area (Å²) in [6.45, 7) is 4.55. The summed E-state index contributed by atoms with van der Waals surface area (Å²) in [6.07, 6.45) is 1.70. The molecular weight excluding hydrogens is 442 g/mol. The molecule has 1 N–H and O–H groups in total. The van der Waals surface area contributed by atoms with Crippen molar-refractivity contribution < 1.29 is 22.7 Å². The number of benzene rings is 2. The fourth-order valence-corrected chi connectivity index (χ4v) is 5.20. The Morgan fingerprint density at radius 2 is 1.88 bits per heavy atom. The molecule has 0 unspecified atom stereocenters. The Morgan fingerprint density at radius 3 is 2.58 bits per heavy atom. The number of morpholine rings is 1. The van der Waals surface area contributed by atoms with E-state index in [1.807, 2.05) is 12.1 Å². The molecule has 2 saturated heterocycles. The van der Waals surface area contributed by atoms with E-state index in [9.17, 15) is 13.2 Å². The van der Waals surface area contributed by atoms with Crippen molar-refractivity contribution in [3.05, 3.63) is 59.7 Å². The number of sulfonamides is 1. The Balaban J connectivity index is 1.38. The van der Waals surface area contributed by atoms with E-state index in [2.05, 4.69) is 21.8 Å².